The Hall–Kier alpha value is -1.32. The Bertz CT molecular complexity index is 260. The van der Waals surface area contributed by atoms with Gasteiger partial charge >= 0.3 is 11.9 Å². The van der Waals surface area contributed by atoms with Gasteiger partial charge in [0.1, 0.15) is 0 Å². The second-order valence-electron chi connectivity index (χ2n) is 5.55. The summed E-state index contributed by atoms with van der Waals surface area (Å²) in [6.07, 6.45) is 16.9. The first-order valence-electron chi connectivity index (χ1n) is 8.59. The van der Waals surface area contributed by atoms with Crippen molar-refractivity contribution in [3.8, 4) is 0 Å². The molecule has 0 aromatic heterocycles. The molecule has 0 aliphatic heterocycles. The zero-order valence-electron chi connectivity index (χ0n) is 14.2. The average molecular weight is 314 g/mol. The summed E-state index contributed by atoms with van der Waals surface area (Å²) in [5, 5.41) is 15.8. The van der Waals surface area contributed by atoms with Gasteiger partial charge in [-0.2, -0.15) is 0 Å². The van der Waals surface area contributed by atoms with Crippen molar-refractivity contribution >= 4 is 11.9 Å². The largest absolute Gasteiger partial charge is 0.481 e. The van der Waals surface area contributed by atoms with Crippen LogP contribution in [0.15, 0.2) is 12.7 Å². The van der Waals surface area contributed by atoms with Gasteiger partial charge in [-0.3, -0.25) is 9.59 Å². The minimum Gasteiger partial charge on any atom is -0.481 e. The molecule has 0 saturated heterocycles. The molecular formula is C18H34O4. The predicted octanol–water partition coefficient (Wildman–Crippen LogP) is 5.42. The van der Waals surface area contributed by atoms with Crippen LogP contribution in [0.5, 0.6) is 0 Å². The van der Waals surface area contributed by atoms with Crippen LogP contribution >= 0.6 is 0 Å². The van der Waals surface area contributed by atoms with Crippen molar-refractivity contribution < 1.29 is 19.8 Å². The van der Waals surface area contributed by atoms with E-state index in [0.29, 0.717) is 0 Å². The molecule has 0 aliphatic carbocycles. The molecule has 0 heterocycles. The number of rotatable bonds is 14. The highest BCUT2D eigenvalue weighted by atomic mass is 16.4. The summed E-state index contributed by atoms with van der Waals surface area (Å²) < 4.78 is 0. The van der Waals surface area contributed by atoms with Gasteiger partial charge in [-0.05, 0) is 12.8 Å². The molecule has 0 aliphatic rings. The van der Waals surface area contributed by atoms with Crippen molar-refractivity contribution in [1.29, 1.82) is 0 Å². The normalized spacial score (nSPS) is 9.68. The highest BCUT2D eigenvalue weighted by molar-refractivity contribution is 5.75. The third kappa shape index (κ3) is 27.1. The smallest absolute Gasteiger partial charge is 0.303 e. The lowest BCUT2D eigenvalue weighted by molar-refractivity contribution is -0.143. The van der Waals surface area contributed by atoms with Crippen LogP contribution < -0.4 is 0 Å². The van der Waals surface area contributed by atoms with Gasteiger partial charge in [0.05, 0.1) is 12.8 Å². The molecule has 0 atom stereocenters. The van der Waals surface area contributed by atoms with Gasteiger partial charge in [-0.1, -0.05) is 70.8 Å². The van der Waals surface area contributed by atoms with Crippen LogP contribution in [0.2, 0.25) is 0 Å². The number of unbranched alkanes of at least 4 members (excludes halogenated alkanes) is 10. The Labute approximate surface area is 135 Å². The second kappa shape index (κ2) is 19.7. The Balaban J connectivity index is 0. The molecule has 22 heavy (non-hydrogen) atoms. The fourth-order valence-electron chi connectivity index (χ4n) is 1.99. The first kappa shape index (κ1) is 23.0. The predicted molar refractivity (Wildman–Crippen MR) is 91.2 cm³/mol. The summed E-state index contributed by atoms with van der Waals surface area (Å²) in [4.78, 5) is 19.3. The first-order valence-corrected chi connectivity index (χ1v) is 8.59. The summed E-state index contributed by atoms with van der Waals surface area (Å²) in [6, 6.07) is 0. The van der Waals surface area contributed by atoms with Crippen LogP contribution in [0.3, 0.4) is 0 Å². The molecule has 0 fully saturated rings. The summed E-state index contributed by atoms with van der Waals surface area (Å²) in [5.74, 6) is -2.15. The molecule has 0 amide bonds. The van der Waals surface area contributed by atoms with Gasteiger partial charge in [0.2, 0.25) is 0 Å². The molecule has 4 nitrogen and oxygen atoms in total. The van der Waals surface area contributed by atoms with E-state index in [1.54, 1.807) is 0 Å². The second-order valence-corrected chi connectivity index (χ2v) is 5.55. The molecule has 130 valence electrons. The minimum absolute atomic E-state index is 0.296. The van der Waals surface area contributed by atoms with Crippen LogP contribution in [-0.2, 0) is 9.59 Å². The summed E-state index contributed by atoms with van der Waals surface area (Å²) in [6.45, 7) is 6.01. The van der Waals surface area contributed by atoms with Gasteiger partial charge in [-0.15, -0.1) is 6.58 Å². The molecule has 0 bridgehead atoms. The summed E-state index contributed by atoms with van der Waals surface area (Å²) in [7, 11) is 0. The number of aliphatic carboxylic acids is 2. The lowest BCUT2D eigenvalue weighted by atomic mass is 10.1. The number of hydrogen-bond acceptors (Lipinski definition) is 2. The van der Waals surface area contributed by atoms with Gasteiger partial charge < -0.3 is 10.2 Å². The van der Waals surface area contributed by atoms with E-state index >= 15 is 0 Å². The summed E-state index contributed by atoms with van der Waals surface area (Å²) >= 11 is 0. The SMILES string of the molecule is C=CCCCCCCCCCCCC.O=C(O)CCC(=O)O. The van der Waals surface area contributed by atoms with Crippen LogP contribution in [0.1, 0.15) is 90.4 Å². The maximum Gasteiger partial charge on any atom is 0.303 e. The molecule has 0 spiro atoms. The van der Waals surface area contributed by atoms with Gasteiger partial charge in [0.15, 0.2) is 0 Å². The third-order valence-corrected chi connectivity index (χ3v) is 3.31. The molecular weight excluding hydrogens is 280 g/mol. The topological polar surface area (TPSA) is 74.6 Å². The average Bonchev–Trinajstić information content (AvgIpc) is 2.48. The minimum atomic E-state index is -1.08. The zero-order chi connectivity index (χ0) is 17.1. The zero-order valence-corrected chi connectivity index (χ0v) is 14.2. The van der Waals surface area contributed by atoms with E-state index in [1.165, 1.54) is 70.6 Å². The van der Waals surface area contributed by atoms with Crippen molar-refractivity contribution in [2.75, 3.05) is 0 Å². The van der Waals surface area contributed by atoms with Gasteiger partial charge in [0.25, 0.3) is 0 Å². The van der Waals surface area contributed by atoms with Crippen LogP contribution in [0.25, 0.3) is 0 Å². The number of carbonyl (C=O) groups is 2. The Kier molecular flexibility index (Phi) is 20.5. The highest BCUT2D eigenvalue weighted by Crippen LogP contribution is 2.11. The molecule has 0 unspecified atom stereocenters. The van der Waals surface area contributed by atoms with Crippen molar-refractivity contribution in [2.45, 2.75) is 90.4 Å². The third-order valence-electron chi connectivity index (χ3n) is 3.31. The lowest BCUT2D eigenvalue weighted by Crippen LogP contribution is -2.00. The molecule has 0 rings (SSSR count). The molecule has 0 aromatic carbocycles. The van der Waals surface area contributed by atoms with Gasteiger partial charge in [-0.25, -0.2) is 0 Å². The first-order chi connectivity index (χ1) is 10.5. The molecule has 0 aromatic rings. The maximum atomic E-state index is 9.64. The van der Waals surface area contributed by atoms with E-state index in [0.717, 1.165) is 0 Å². The van der Waals surface area contributed by atoms with E-state index in [9.17, 15) is 9.59 Å². The van der Waals surface area contributed by atoms with E-state index in [1.807, 2.05) is 6.08 Å². The molecule has 0 radical (unpaired) electrons. The Morgan fingerprint density at radius 2 is 1.14 bits per heavy atom. The fraction of sp³-hybridized carbons (Fsp3) is 0.778. The molecule has 0 saturated carbocycles. The van der Waals surface area contributed by atoms with E-state index < -0.39 is 11.9 Å². The molecule has 4 heteroatoms. The number of hydrogen-bond donors (Lipinski definition) is 2. The van der Waals surface area contributed by atoms with Crippen LogP contribution in [-0.4, -0.2) is 22.2 Å². The number of allylic oxidation sites excluding steroid dienone is 1. The Morgan fingerprint density at radius 3 is 1.45 bits per heavy atom. The van der Waals surface area contributed by atoms with Crippen molar-refractivity contribution in [3.05, 3.63) is 12.7 Å². The van der Waals surface area contributed by atoms with Crippen molar-refractivity contribution in [3.63, 3.8) is 0 Å². The fourth-order valence-corrected chi connectivity index (χ4v) is 1.99. The number of carboxylic acid groups (broad SMARTS) is 2. The van der Waals surface area contributed by atoms with E-state index in [4.69, 9.17) is 10.2 Å². The highest BCUT2D eigenvalue weighted by Gasteiger charge is 2.00. The van der Waals surface area contributed by atoms with E-state index in [-0.39, 0.29) is 12.8 Å². The van der Waals surface area contributed by atoms with Crippen molar-refractivity contribution in [1.82, 2.24) is 0 Å². The van der Waals surface area contributed by atoms with Crippen LogP contribution in [0.4, 0.5) is 0 Å². The van der Waals surface area contributed by atoms with Gasteiger partial charge in [0, 0.05) is 0 Å². The summed E-state index contributed by atoms with van der Waals surface area (Å²) in [5.41, 5.74) is 0. The standard InChI is InChI=1S/C14H28.C4H6O4/c1-3-5-7-9-11-13-14-12-10-8-6-4-2;5-3(6)1-2-4(7)8/h3H,1,4-14H2,2H3;1-2H2,(H,5,6)(H,7,8). The molecule has 2 N–H and O–H groups in total. The monoisotopic (exact) mass is 314 g/mol. The quantitative estimate of drug-likeness (QED) is 0.331. The maximum absolute atomic E-state index is 9.64. The van der Waals surface area contributed by atoms with E-state index in [2.05, 4.69) is 13.5 Å². The lowest BCUT2D eigenvalue weighted by Gasteiger charge is -2.00. The van der Waals surface area contributed by atoms with Crippen LogP contribution in [0, 0.1) is 0 Å². The number of carboxylic acids is 2. The van der Waals surface area contributed by atoms with Crippen molar-refractivity contribution in [2.24, 2.45) is 0 Å². The Morgan fingerprint density at radius 1 is 0.773 bits per heavy atom.